The van der Waals surface area contributed by atoms with E-state index in [1.54, 1.807) is 9.20 Å². The number of thioether (sulfide) groups is 1. The minimum atomic E-state index is -0.0631. The van der Waals surface area contributed by atoms with Crippen molar-refractivity contribution in [1.29, 1.82) is 0 Å². The summed E-state index contributed by atoms with van der Waals surface area (Å²) in [6.45, 7) is 5.87. The second kappa shape index (κ2) is 8.19. The van der Waals surface area contributed by atoms with Gasteiger partial charge in [-0.15, -0.1) is 10.2 Å². The Balaban J connectivity index is 1.46. The van der Waals surface area contributed by atoms with E-state index in [9.17, 15) is 4.79 Å². The first-order valence-corrected chi connectivity index (χ1v) is 10.6. The van der Waals surface area contributed by atoms with Gasteiger partial charge in [0.2, 0.25) is 11.1 Å². The van der Waals surface area contributed by atoms with Crippen LogP contribution in [0.3, 0.4) is 0 Å². The predicted octanol–water partition coefficient (Wildman–Crippen LogP) is 2.32. The summed E-state index contributed by atoms with van der Waals surface area (Å²) < 4.78 is 3.33. The molecule has 1 aromatic carbocycles. The van der Waals surface area contributed by atoms with E-state index < -0.39 is 0 Å². The monoisotopic (exact) mass is 423 g/mol. The summed E-state index contributed by atoms with van der Waals surface area (Å²) >= 11 is 1.48. The molecule has 0 radical (unpaired) electrons. The third-order valence-corrected chi connectivity index (χ3v) is 5.43. The molecule has 30 heavy (non-hydrogen) atoms. The average molecular weight is 424 g/mol. The fourth-order valence-electron chi connectivity index (χ4n) is 3.36. The zero-order valence-electron chi connectivity index (χ0n) is 17.1. The number of aryl methyl sites for hydroxylation is 3. The van der Waals surface area contributed by atoms with Gasteiger partial charge in [0.15, 0.2) is 0 Å². The molecular formula is C19H21N9OS. The van der Waals surface area contributed by atoms with Gasteiger partial charge >= 0.3 is 0 Å². The largest absolute Gasteiger partial charge is 0.326 e. The Hall–Kier alpha value is -3.34. The Bertz CT molecular complexity index is 1220. The number of hydrogen-bond donors (Lipinski definition) is 1. The van der Waals surface area contributed by atoms with Crippen LogP contribution < -0.4 is 5.32 Å². The first-order chi connectivity index (χ1) is 14.5. The number of nitrogens with one attached hydrogen (secondary N) is 1. The highest BCUT2D eigenvalue weighted by molar-refractivity contribution is 7.98. The molecule has 0 aliphatic carbocycles. The highest BCUT2D eigenvalue weighted by Crippen LogP contribution is 2.20. The third kappa shape index (κ3) is 3.88. The van der Waals surface area contributed by atoms with E-state index in [2.05, 4.69) is 35.9 Å². The van der Waals surface area contributed by atoms with Gasteiger partial charge in [0.25, 0.3) is 5.78 Å². The maximum atomic E-state index is 12.5. The van der Waals surface area contributed by atoms with Gasteiger partial charge in [0.05, 0.1) is 5.69 Å². The lowest BCUT2D eigenvalue weighted by Crippen LogP contribution is -2.14. The Kier molecular flexibility index (Phi) is 5.44. The van der Waals surface area contributed by atoms with Crippen LogP contribution in [0.5, 0.6) is 0 Å². The van der Waals surface area contributed by atoms with Gasteiger partial charge in [0, 0.05) is 23.5 Å². The van der Waals surface area contributed by atoms with Crippen LogP contribution >= 0.6 is 11.8 Å². The van der Waals surface area contributed by atoms with Crippen LogP contribution in [0, 0.1) is 20.8 Å². The van der Waals surface area contributed by atoms with Crippen LogP contribution in [0.4, 0.5) is 5.69 Å². The van der Waals surface area contributed by atoms with E-state index in [1.807, 2.05) is 45.2 Å². The molecule has 11 heteroatoms. The Morgan fingerprint density at radius 1 is 1.20 bits per heavy atom. The lowest BCUT2D eigenvalue weighted by atomic mass is 10.1. The van der Waals surface area contributed by atoms with Crippen LogP contribution in [0.25, 0.3) is 11.5 Å². The molecule has 4 rings (SSSR count). The van der Waals surface area contributed by atoms with Crippen LogP contribution in [0.1, 0.15) is 28.9 Å². The summed E-state index contributed by atoms with van der Waals surface area (Å²) in [6, 6.07) is 5.62. The molecule has 0 saturated carbocycles. The number of rotatable bonds is 6. The number of carbonyl (C=O) groups excluding carboxylic acids is 1. The number of amides is 1. The summed E-state index contributed by atoms with van der Waals surface area (Å²) in [5.41, 5.74) is 5.39. The third-order valence-electron chi connectivity index (χ3n) is 4.89. The van der Waals surface area contributed by atoms with Crippen molar-refractivity contribution in [3.8, 4) is 5.69 Å². The van der Waals surface area contributed by atoms with Gasteiger partial charge < -0.3 is 5.32 Å². The molecule has 4 aromatic rings. The smallest absolute Gasteiger partial charge is 0.253 e. The van der Waals surface area contributed by atoms with Crippen molar-refractivity contribution in [2.45, 2.75) is 38.8 Å². The molecule has 0 aliphatic rings. The van der Waals surface area contributed by atoms with Crippen LogP contribution in [0.2, 0.25) is 0 Å². The fourth-order valence-corrected chi connectivity index (χ4v) is 3.70. The zero-order chi connectivity index (χ0) is 21.3. The molecule has 10 nitrogen and oxygen atoms in total. The van der Waals surface area contributed by atoms with Gasteiger partial charge in [-0.25, -0.2) is 14.2 Å². The van der Waals surface area contributed by atoms with Crippen molar-refractivity contribution in [2.75, 3.05) is 11.6 Å². The maximum Gasteiger partial charge on any atom is 0.253 e. The molecule has 1 amide bonds. The quantitative estimate of drug-likeness (QED) is 0.470. The molecule has 154 valence electrons. The van der Waals surface area contributed by atoms with Crippen molar-refractivity contribution < 1.29 is 4.79 Å². The number of carbonyl (C=O) groups is 1. The fraction of sp³-hybridized carbons (Fsp3) is 0.316. The van der Waals surface area contributed by atoms with Crippen molar-refractivity contribution in [3.05, 3.63) is 47.0 Å². The standard InChI is InChI=1S/C19H21N9OS/c1-11-9-14(5-7-16(11)27-10-20-25-26-27)22-17(29)8-6-15-12(2)21-18-23-19(30-4)24-28(18)13(15)3/h5,7,9-10H,6,8H2,1-4H3,(H,22,29). The molecular weight excluding hydrogens is 402 g/mol. The van der Waals surface area contributed by atoms with Gasteiger partial charge in [0.1, 0.15) is 6.33 Å². The topological polar surface area (TPSA) is 116 Å². The zero-order valence-corrected chi connectivity index (χ0v) is 17.9. The van der Waals surface area contributed by atoms with E-state index in [0.717, 1.165) is 33.9 Å². The first kappa shape index (κ1) is 20.0. The first-order valence-electron chi connectivity index (χ1n) is 9.37. The van der Waals surface area contributed by atoms with Gasteiger partial charge in [-0.2, -0.15) is 4.98 Å². The highest BCUT2D eigenvalue weighted by Gasteiger charge is 2.15. The summed E-state index contributed by atoms with van der Waals surface area (Å²) in [4.78, 5) is 21.5. The van der Waals surface area contributed by atoms with E-state index in [-0.39, 0.29) is 5.91 Å². The van der Waals surface area contributed by atoms with E-state index in [4.69, 9.17) is 0 Å². The van der Waals surface area contributed by atoms with E-state index in [1.165, 1.54) is 18.1 Å². The van der Waals surface area contributed by atoms with Crippen LogP contribution in [-0.2, 0) is 11.2 Å². The van der Waals surface area contributed by atoms with Crippen molar-refractivity contribution >= 4 is 29.1 Å². The molecule has 0 fully saturated rings. The molecule has 0 spiro atoms. The second-order valence-electron chi connectivity index (χ2n) is 6.88. The predicted molar refractivity (Wildman–Crippen MR) is 113 cm³/mol. The molecule has 1 N–H and O–H groups in total. The molecule has 0 bridgehead atoms. The van der Waals surface area contributed by atoms with Crippen molar-refractivity contribution in [3.63, 3.8) is 0 Å². The highest BCUT2D eigenvalue weighted by atomic mass is 32.2. The summed E-state index contributed by atoms with van der Waals surface area (Å²) in [5, 5.41) is 19.3. The van der Waals surface area contributed by atoms with Gasteiger partial charge in [-0.3, -0.25) is 4.79 Å². The molecule has 0 unspecified atom stereocenters. The number of aromatic nitrogens is 8. The number of benzene rings is 1. The molecule has 3 heterocycles. The number of nitrogens with zero attached hydrogens (tertiary/aromatic N) is 8. The Morgan fingerprint density at radius 2 is 2.03 bits per heavy atom. The van der Waals surface area contributed by atoms with Crippen LogP contribution in [-0.4, -0.2) is 52.0 Å². The summed E-state index contributed by atoms with van der Waals surface area (Å²) in [7, 11) is 0. The molecule has 0 atom stereocenters. The molecule has 0 saturated heterocycles. The number of fused-ring (bicyclic) bond motifs is 1. The Labute approximate surface area is 177 Å². The van der Waals surface area contributed by atoms with E-state index in [0.29, 0.717) is 23.8 Å². The Morgan fingerprint density at radius 3 is 2.73 bits per heavy atom. The SMILES string of the molecule is CSc1nc2nc(C)c(CCC(=O)Nc3ccc(-n4cnnn4)c(C)c3)c(C)n2n1. The van der Waals surface area contributed by atoms with Gasteiger partial charge in [-0.05, 0) is 73.2 Å². The number of tetrazole rings is 1. The van der Waals surface area contributed by atoms with Gasteiger partial charge in [-0.1, -0.05) is 11.8 Å². The summed E-state index contributed by atoms with van der Waals surface area (Å²) in [6.07, 6.45) is 4.38. The average Bonchev–Trinajstić information content (AvgIpc) is 3.37. The van der Waals surface area contributed by atoms with Crippen molar-refractivity contribution in [1.82, 2.24) is 39.8 Å². The number of hydrogen-bond acceptors (Lipinski definition) is 8. The molecule has 0 aliphatic heterocycles. The lowest BCUT2D eigenvalue weighted by Gasteiger charge is -2.11. The minimum absolute atomic E-state index is 0.0631. The van der Waals surface area contributed by atoms with E-state index >= 15 is 0 Å². The van der Waals surface area contributed by atoms with Crippen LogP contribution in [0.15, 0.2) is 29.7 Å². The number of anilines is 1. The summed E-state index contributed by atoms with van der Waals surface area (Å²) in [5.74, 6) is 0.521. The van der Waals surface area contributed by atoms with Crippen molar-refractivity contribution in [2.24, 2.45) is 0 Å². The maximum absolute atomic E-state index is 12.5. The second-order valence-corrected chi connectivity index (χ2v) is 7.65. The minimum Gasteiger partial charge on any atom is -0.326 e. The molecule has 3 aromatic heterocycles. The lowest BCUT2D eigenvalue weighted by molar-refractivity contribution is -0.116. The normalized spacial score (nSPS) is 11.2.